The summed E-state index contributed by atoms with van der Waals surface area (Å²) >= 11 is 6.15. The maximum Gasteiger partial charge on any atom is 0.139 e. The van der Waals surface area contributed by atoms with Gasteiger partial charge in [-0.25, -0.2) is 4.98 Å². The standard InChI is InChI=1S/C13H19ClN4O2/c1-3-4-17-9-15-8-11(17)13(19)12-10(14)7-16-18(12)5-6-20-2/h7-9,13,19H,3-6H2,1-2H3. The second-order valence-corrected chi connectivity index (χ2v) is 4.92. The maximum atomic E-state index is 10.6. The Hall–Kier alpha value is -1.37. The first kappa shape index (κ1) is 15.0. The minimum Gasteiger partial charge on any atom is -0.383 e. The van der Waals surface area contributed by atoms with Gasteiger partial charge < -0.3 is 14.4 Å². The first-order chi connectivity index (χ1) is 9.69. The molecule has 110 valence electrons. The summed E-state index contributed by atoms with van der Waals surface area (Å²) in [6.07, 6.45) is 5.02. The van der Waals surface area contributed by atoms with Crippen molar-refractivity contribution in [3.05, 3.63) is 35.1 Å². The molecule has 0 fully saturated rings. The van der Waals surface area contributed by atoms with Gasteiger partial charge in [0, 0.05) is 13.7 Å². The van der Waals surface area contributed by atoms with Crippen molar-refractivity contribution in [3.63, 3.8) is 0 Å². The number of imidazole rings is 1. The molecule has 20 heavy (non-hydrogen) atoms. The summed E-state index contributed by atoms with van der Waals surface area (Å²) in [5.41, 5.74) is 1.29. The molecule has 7 heteroatoms. The number of rotatable bonds is 7. The Kier molecular flexibility index (Phi) is 5.17. The fourth-order valence-electron chi connectivity index (χ4n) is 2.13. The number of aryl methyl sites for hydroxylation is 1. The third-order valence-corrected chi connectivity index (χ3v) is 3.38. The van der Waals surface area contributed by atoms with Gasteiger partial charge in [-0.1, -0.05) is 18.5 Å². The average Bonchev–Trinajstić information content (AvgIpc) is 3.03. The third-order valence-electron chi connectivity index (χ3n) is 3.09. The summed E-state index contributed by atoms with van der Waals surface area (Å²) < 4.78 is 8.63. The van der Waals surface area contributed by atoms with Crippen molar-refractivity contribution in [1.29, 1.82) is 0 Å². The van der Waals surface area contributed by atoms with Gasteiger partial charge in [-0.2, -0.15) is 5.10 Å². The Morgan fingerprint density at radius 1 is 1.40 bits per heavy atom. The highest BCUT2D eigenvalue weighted by Crippen LogP contribution is 2.28. The molecule has 0 spiro atoms. The van der Waals surface area contributed by atoms with Gasteiger partial charge in [0.25, 0.3) is 0 Å². The topological polar surface area (TPSA) is 65.1 Å². The second kappa shape index (κ2) is 6.88. The molecule has 6 nitrogen and oxygen atoms in total. The second-order valence-electron chi connectivity index (χ2n) is 4.51. The normalized spacial score (nSPS) is 12.8. The van der Waals surface area contributed by atoms with E-state index in [1.807, 2.05) is 4.57 Å². The highest BCUT2D eigenvalue weighted by Gasteiger charge is 2.22. The van der Waals surface area contributed by atoms with Gasteiger partial charge in [0.15, 0.2) is 0 Å². The predicted molar refractivity (Wildman–Crippen MR) is 75.7 cm³/mol. The summed E-state index contributed by atoms with van der Waals surface area (Å²) in [6, 6.07) is 0. The molecular formula is C13H19ClN4O2. The van der Waals surface area contributed by atoms with Gasteiger partial charge >= 0.3 is 0 Å². The van der Waals surface area contributed by atoms with Crippen LogP contribution >= 0.6 is 11.6 Å². The van der Waals surface area contributed by atoms with Gasteiger partial charge in [0.2, 0.25) is 0 Å². The largest absolute Gasteiger partial charge is 0.383 e. The van der Waals surface area contributed by atoms with Crippen molar-refractivity contribution in [2.24, 2.45) is 0 Å². The van der Waals surface area contributed by atoms with E-state index in [1.54, 1.807) is 24.3 Å². The van der Waals surface area contributed by atoms with E-state index in [0.717, 1.165) is 13.0 Å². The molecule has 2 rings (SSSR count). The molecule has 2 heterocycles. The van der Waals surface area contributed by atoms with Crippen LogP contribution in [0.5, 0.6) is 0 Å². The highest BCUT2D eigenvalue weighted by molar-refractivity contribution is 6.31. The van der Waals surface area contributed by atoms with Crippen LogP contribution < -0.4 is 0 Å². The summed E-state index contributed by atoms with van der Waals surface area (Å²) in [5.74, 6) is 0. The van der Waals surface area contributed by atoms with Crippen LogP contribution in [0, 0.1) is 0 Å². The lowest BCUT2D eigenvalue weighted by molar-refractivity contribution is 0.168. The molecule has 2 aromatic heterocycles. The van der Waals surface area contributed by atoms with E-state index in [-0.39, 0.29) is 0 Å². The Balaban J connectivity index is 2.30. The molecule has 1 N–H and O–H groups in total. The van der Waals surface area contributed by atoms with E-state index in [2.05, 4.69) is 17.0 Å². The predicted octanol–water partition coefficient (Wildman–Crippen LogP) is 1.87. The number of nitrogens with zero attached hydrogens (tertiary/aromatic N) is 4. The minimum atomic E-state index is -0.851. The zero-order valence-electron chi connectivity index (χ0n) is 11.7. The minimum absolute atomic E-state index is 0.442. The van der Waals surface area contributed by atoms with E-state index < -0.39 is 6.10 Å². The molecule has 1 unspecified atom stereocenters. The van der Waals surface area contributed by atoms with Gasteiger partial charge in [-0.05, 0) is 6.42 Å². The molecule has 0 aliphatic heterocycles. The molecule has 0 aromatic carbocycles. The van der Waals surface area contributed by atoms with Crippen LogP contribution in [0.2, 0.25) is 5.02 Å². The number of aliphatic hydroxyl groups is 1. The summed E-state index contributed by atoms with van der Waals surface area (Å²) in [5, 5.41) is 15.2. The lowest BCUT2D eigenvalue weighted by Crippen LogP contribution is -2.16. The number of hydrogen-bond donors (Lipinski definition) is 1. The monoisotopic (exact) mass is 298 g/mol. The zero-order valence-corrected chi connectivity index (χ0v) is 12.4. The van der Waals surface area contributed by atoms with E-state index in [1.165, 1.54) is 6.20 Å². The first-order valence-corrected chi connectivity index (χ1v) is 6.95. The zero-order chi connectivity index (χ0) is 14.5. The van der Waals surface area contributed by atoms with E-state index in [9.17, 15) is 5.11 Å². The summed E-state index contributed by atoms with van der Waals surface area (Å²) in [4.78, 5) is 4.10. The van der Waals surface area contributed by atoms with Gasteiger partial charge in [0.1, 0.15) is 6.10 Å². The van der Waals surface area contributed by atoms with Crippen LogP contribution in [0.4, 0.5) is 0 Å². The summed E-state index contributed by atoms with van der Waals surface area (Å²) in [6.45, 7) is 3.92. The maximum absolute atomic E-state index is 10.6. The van der Waals surface area contributed by atoms with E-state index in [4.69, 9.17) is 16.3 Å². The van der Waals surface area contributed by atoms with Gasteiger partial charge in [-0.15, -0.1) is 0 Å². The van der Waals surface area contributed by atoms with Gasteiger partial charge in [-0.3, -0.25) is 4.68 Å². The SMILES string of the molecule is CCCn1cncc1C(O)c1c(Cl)cnn1CCOC. The Morgan fingerprint density at radius 3 is 2.90 bits per heavy atom. The Labute approximate surface area is 123 Å². The van der Waals surface area contributed by atoms with Crippen LogP contribution in [0.1, 0.15) is 30.8 Å². The molecule has 0 saturated heterocycles. The molecule has 0 amide bonds. The van der Waals surface area contributed by atoms with Crippen molar-refractivity contribution < 1.29 is 9.84 Å². The van der Waals surface area contributed by atoms with Crippen LogP contribution in [0.3, 0.4) is 0 Å². The number of hydrogen-bond acceptors (Lipinski definition) is 4. The molecule has 0 aliphatic rings. The van der Waals surface area contributed by atoms with Crippen molar-refractivity contribution in [3.8, 4) is 0 Å². The van der Waals surface area contributed by atoms with Crippen LogP contribution in [0.25, 0.3) is 0 Å². The number of aliphatic hydroxyl groups excluding tert-OH is 1. The number of halogens is 1. The quantitative estimate of drug-likeness (QED) is 0.847. The first-order valence-electron chi connectivity index (χ1n) is 6.57. The van der Waals surface area contributed by atoms with Crippen molar-refractivity contribution in [1.82, 2.24) is 19.3 Å². The number of methoxy groups -OCH3 is 1. The lowest BCUT2D eigenvalue weighted by Gasteiger charge is -2.16. The molecule has 0 radical (unpaired) electrons. The summed E-state index contributed by atoms with van der Waals surface area (Å²) in [7, 11) is 1.62. The van der Waals surface area contributed by atoms with Crippen LogP contribution in [-0.2, 0) is 17.8 Å². The smallest absolute Gasteiger partial charge is 0.139 e. The van der Waals surface area contributed by atoms with Crippen LogP contribution in [0.15, 0.2) is 18.7 Å². The fraction of sp³-hybridized carbons (Fsp3) is 0.538. The molecule has 0 bridgehead atoms. The van der Waals surface area contributed by atoms with E-state index in [0.29, 0.717) is 29.6 Å². The van der Waals surface area contributed by atoms with Crippen LogP contribution in [-0.4, -0.2) is 38.2 Å². The van der Waals surface area contributed by atoms with Gasteiger partial charge in [0.05, 0.1) is 48.3 Å². The number of ether oxygens (including phenoxy) is 1. The molecule has 1 atom stereocenters. The molecular weight excluding hydrogens is 280 g/mol. The van der Waals surface area contributed by atoms with Crippen molar-refractivity contribution >= 4 is 11.6 Å². The Morgan fingerprint density at radius 2 is 2.20 bits per heavy atom. The van der Waals surface area contributed by atoms with E-state index >= 15 is 0 Å². The molecule has 0 saturated carbocycles. The van der Waals surface area contributed by atoms with Crippen molar-refractivity contribution in [2.45, 2.75) is 32.5 Å². The number of aromatic nitrogens is 4. The molecule has 2 aromatic rings. The Bertz CT molecular complexity index is 552. The average molecular weight is 299 g/mol. The van der Waals surface area contributed by atoms with Crippen molar-refractivity contribution in [2.75, 3.05) is 13.7 Å². The lowest BCUT2D eigenvalue weighted by atomic mass is 10.2. The third kappa shape index (κ3) is 3.03. The molecule has 0 aliphatic carbocycles. The highest BCUT2D eigenvalue weighted by atomic mass is 35.5. The fourth-order valence-corrected chi connectivity index (χ4v) is 2.37.